The molecule has 0 saturated heterocycles. The lowest BCUT2D eigenvalue weighted by molar-refractivity contribution is -0.116. The summed E-state index contributed by atoms with van der Waals surface area (Å²) in [4.78, 5) is 12.3. The summed E-state index contributed by atoms with van der Waals surface area (Å²) in [7, 11) is 0. The molecule has 0 aliphatic heterocycles. The predicted octanol–water partition coefficient (Wildman–Crippen LogP) is 2.68. The molecule has 0 aliphatic rings. The van der Waals surface area contributed by atoms with Crippen molar-refractivity contribution in [3.05, 3.63) is 42.6 Å². The summed E-state index contributed by atoms with van der Waals surface area (Å²) >= 11 is 0. The maximum absolute atomic E-state index is 12.3. The van der Waals surface area contributed by atoms with Crippen LogP contribution < -0.4 is 16.5 Å². The summed E-state index contributed by atoms with van der Waals surface area (Å²) in [6, 6.07) is 11.2. The van der Waals surface area contributed by atoms with Gasteiger partial charge in [0.25, 0.3) is 0 Å². The lowest BCUT2D eigenvalue weighted by atomic mass is 9.64. The van der Waals surface area contributed by atoms with E-state index in [1.54, 1.807) is 6.82 Å². The van der Waals surface area contributed by atoms with Crippen LogP contribution in [0.4, 0.5) is 11.4 Å². The summed E-state index contributed by atoms with van der Waals surface area (Å²) in [6.45, 7) is 5.11. The second kappa shape index (κ2) is 7.76. The molecular weight excluding hydrogens is 339 g/mol. The Morgan fingerprint density at radius 2 is 2.04 bits per heavy atom. The molecule has 0 bridgehead atoms. The minimum absolute atomic E-state index is 0.0409. The van der Waals surface area contributed by atoms with Crippen molar-refractivity contribution in [1.29, 1.82) is 0 Å². The molecule has 1 amide bonds. The topological polar surface area (TPSA) is 101 Å². The molecule has 3 aromatic rings. The normalized spacial score (nSPS) is 11.0. The van der Waals surface area contributed by atoms with Crippen molar-refractivity contribution >= 4 is 40.6 Å². The molecule has 4 N–H and O–H groups in total. The van der Waals surface area contributed by atoms with Crippen LogP contribution in [0.3, 0.4) is 0 Å². The third kappa shape index (κ3) is 4.26. The molecule has 0 radical (unpaired) electrons. The highest BCUT2D eigenvalue weighted by Gasteiger charge is 2.15. The van der Waals surface area contributed by atoms with Gasteiger partial charge in [0, 0.05) is 23.1 Å². The number of carbonyl (C=O) groups is 1. The van der Waals surface area contributed by atoms with E-state index in [2.05, 4.69) is 15.5 Å². The number of nitrogens with one attached hydrogen (secondary N) is 1. The van der Waals surface area contributed by atoms with Gasteiger partial charge in [0.1, 0.15) is 0 Å². The van der Waals surface area contributed by atoms with E-state index in [9.17, 15) is 9.82 Å². The van der Waals surface area contributed by atoms with Gasteiger partial charge >= 0.3 is 6.92 Å². The molecule has 27 heavy (non-hydrogen) atoms. The summed E-state index contributed by atoms with van der Waals surface area (Å²) in [5.74, 6) is 0.227. The predicted molar refractivity (Wildman–Crippen MR) is 111 cm³/mol. The minimum atomic E-state index is -0.611. The Hall–Kier alpha value is -2.93. The SMILES string of the molecule is CB(O)c1ccc(NC(=O)CC(C)C)c(-c2ccc3c(N)cnnc3c2)c1. The molecule has 1 aromatic heterocycles. The van der Waals surface area contributed by atoms with Crippen molar-refractivity contribution < 1.29 is 9.82 Å². The third-order valence-corrected chi connectivity index (χ3v) is 4.38. The van der Waals surface area contributed by atoms with Crippen LogP contribution in [0.15, 0.2) is 42.6 Å². The van der Waals surface area contributed by atoms with Crippen LogP contribution in [-0.2, 0) is 4.79 Å². The Balaban J connectivity index is 2.08. The van der Waals surface area contributed by atoms with Crippen LogP contribution in [0.25, 0.3) is 22.0 Å². The summed E-state index contributed by atoms with van der Waals surface area (Å²) in [5.41, 5.74) is 10.3. The van der Waals surface area contributed by atoms with Crippen molar-refractivity contribution in [3.8, 4) is 11.1 Å². The number of nitrogens with zero attached hydrogens (tertiary/aromatic N) is 2. The summed E-state index contributed by atoms with van der Waals surface area (Å²) in [5, 5.41) is 21.8. The summed E-state index contributed by atoms with van der Waals surface area (Å²) in [6.07, 6.45) is 1.96. The fraction of sp³-hybridized carbons (Fsp3) is 0.250. The molecule has 3 rings (SSSR count). The van der Waals surface area contributed by atoms with E-state index in [-0.39, 0.29) is 11.8 Å². The van der Waals surface area contributed by atoms with E-state index in [1.807, 2.05) is 50.2 Å². The molecule has 6 nitrogen and oxygen atoms in total. The van der Waals surface area contributed by atoms with Crippen LogP contribution in [0.2, 0.25) is 6.82 Å². The van der Waals surface area contributed by atoms with E-state index in [1.165, 1.54) is 6.20 Å². The zero-order valence-electron chi connectivity index (χ0n) is 15.7. The van der Waals surface area contributed by atoms with Gasteiger partial charge < -0.3 is 16.1 Å². The number of hydrogen-bond acceptors (Lipinski definition) is 5. The van der Waals surface area contributed by atoms with E-state index >= 15 is 0 Å². The largest absolute Gasteiger partial charge is 0.447 e. The van der Waals surface area contributed by atoms with Gasteiger partial charge in [-0.15, -0.1) is 0 Å². The molecule has 138 valence electrons. The first kappa shape index (κ1) is 18.9. The molecule has 7 heteroatoms. The highest BCUT2D eigenvalue weighted by Crippen LogP contribution is 2.30. The van der Waals surface area contributed by atoms with Crippen LogP contribution in [0.1, 0.15) is 20.3 Å². The number of nitrogen functional groups attached to an aromatic ring is 1. The van der Waals surface area contributed by atoms with Crippen LogP contribution >= 0.6 is 0 Å². The van der Waals surface area contributed by atoms with Crippen molar-refractivity contribution in [1.82, 2.24) is 10.2 Å². The molecule has 0 unspecified atom stereocenters. The number of amides is 1. The highest BCUT2D eigenvalue weighted by atomic mass is 16.2. The van der Waals surface area contributed by atoms with Gasteiger partial charge in [-0.05, 0) is 35.1 Å². The number of benzene rings is 2. The average Bonchev–Trinajstić information content (AvgIpc) is 2.61. The Morgan fingerprint density at radius 3 is 2.74 bits per heavy atom. The Bertz CT molecular complexity index is 989. The first-order chi connectivity index (χ1) is 12.8. The molecule has 0 fully saturated rings. The number of nitrogens with two attached hydrogens (primary N) is 1. The maximum atomic E-state index is 12.3. The van der Waals surface area contributed by atoms with Crippen molar-refractivity contribution in [2.75, 3.05) is 11.1 Å². The molecule has 0 spiro atoms. The van der Waals surface area contributed by atoms with Gasteiger partial charge in [0.2, 0.25) is 5.91 Å². The third-order valence-electron chi connectivity index (χ3n) is 4.38. The van der Waals surface area contributed by atoms with Crippen LogP contribution in [0.5, 0.6) is 0 Å². The van der Waals surface area contributed by atoms with Gasteiger partial charge in [-0.3, -0.25) is 4.79 Å². The molecule has 1 heterocycles. The highest BCUT2D eigenvalue weighted by molar-refractivity contribution is 6.64. The van der Waals surface area contributed by atoms with Gasteiger partial charge in [0.15, 0.2) is 0 Å². The number of hydrogen-bond donors (Lipinski definition) is 3. The van der Waals surface area contributed by atoms with E-state index < -0.39 is 6.92 Å². The molecule has 0 atom stereocenters. The van der Waals surface area contributed by atoms with Crippen molar-refractivity contribution in [2.24, 2.45) is 5.92 Å². The molecular formula is C20H23BN4O2. The van der Waals surface area contributed by atoms with Gasteiger partial charge in [-0.2, -0.15) is 10.2 Å². The number of rotatable bonds is 5. The zero-order chi connectivity index (χ0) is 19.6. The van der Waals surface area contributed by atoms with Crippen molar-refractivity contribution in [3.63, 3.8) is 0 Å². The average molecular weight is 362 g/mol. The monoisotopic (exact) mass is 362 g/mol. The second-order valence-electron chi connectivity index (χ2n) is 7.16. The fourth-order valence-electron chi connectivity index (χ4n) is 2.99. The van der Waals surface area contributed by atoms with E-state index in [4.69, 9.17) is 5.73 Å². The number of aromatic nitrogens is 2. The Morgan fingerprint density at radius 1 is 1.26 bits per heavy atom. The first-order valence-corrected chi connectivity index (χ1v) is 8.98. The van der Waals surface area contributed by atoms with Gasteiger partial charge in [-0.1, -0.05) is 38.9 Å². The standard InChI is InChI=1S/C20H23BN4O2/c1-12(2)8-20(26)24-18-7-5-14(21(3)27)10-16(18)13-4-6-15-17(22)11-23-25-19(15)9-13/h4-7,9-12,27H,8H2,1-3H3,(H2,22,25)(H,24,26). The lowest BCUT2D eigenvalue weighted by Gasteiger charge is -2.15. The summed E-state index contributed by atoms with van der Waals surface area (Å²) < 4.78 is 0. The second-order valence-corrected chi connectivity index (χ2v) is 7.16. The molecule has 2 aromatic carbocycles. The smallest absolute Gasteiger partial charge is 0.320 e. The Labute approximate surface area is 158 Å². The molecule has 0 saturated carbocycles. The van der Waals surface area contributed by atoms with E-state index in [0.29, 0.717) is 23.3 Å². The zero-order valence-corrected chi connectivity index (χ0v) is 15.7. The van der Waals surface area contributed by atoms with Gasteiger partial charge in [-0.25, -0.2) is 0 Å². The van der Waals surface area contributed by atoms with Gasteiger partial charge in [0.05, 0.1) is 17.4 Å². The van der Waals surface area contributed by atoms with Crippen LogP contribution in [0, 0.1) is 5.92 Å². The number of anilines is 2. The first-order valence-electron chi connectivity index (χ1n) is 8.98. The van der Waals surface area contributed by atoms with Crippen LogP contribution in [-0.4, -0.2) is 28.0 Å². The number of carbonyl (C=O) groups excluding carboxylic acids is 1. The quantitative estimate of drug-likeness (QED) is 0.606. The van der Waals surface area contributed by atoms with Crippen molar-refractivity contribution in [2.45, 2.75) is 27.1 Å². The Kier molecular flexibility index (Phi) is 5.42. The maximum Gasteiger partial charge on any atom is 0.320 e. The lowest BCUT2D eigenvalue weighted by Crippen LogP contribution is -2.26. The number of fused-ring (bicyclic) bond motifs is 1. The van der Waals surface area contributed by atoms with E-state index in [0.717, 1.165) is 22.0 Å². The molecule has 0 aliphatic carbocycles. The fourth-order valence-corrected chi connectivity index (χ4v) is 2.99. The minimum Gasteiger partial charge on any atom is -0.447 e.